The fraction of sp³-hybridized carbons (Fsp3) is 0.286. The molecule has 0 radical (unpaired) electrons. The van der Waals surface area contributed by atoms with E-state index in [1.54, 1.807) is 30.3 Å². The molecule has 1 atom stereocenters. The molecule has 0 aliphatic rings. The zero-order chi connectivity index (χ0) is 26.8. The van der Waals surface area contributed by atoms with Gasteiger partial charge in [-0.15, -0.1) is 0 Å². The van der Waals surface area contributed by atoms with Crippen LogP contribution in [0.5, 0.6) is 5.75 Å². The third-order valence-electron chi connectivity index (χ3n) is 5.74. The summed E-state index contributed by atoms with van der Waals surface area (Å²) in [7, 11) is 0. The first-order valence-corrected chi connectivity index (χ1v) is 13.4. The van der Waals surface area contributed by atoms with E-state index in [0.29, 0.717) is 39.3 Å². The van der Waals surface area contributed by atoms with E-state index in [2.05, 4.69) is 5.32 Å². The molecule has 5 nitrogen and oxygen atoms in total. The highest BCUT2D eigenvalue weighted by Gasteiger charge is 2.31. The van der Waals surface area contributed by atoms with Crippen molar-refractivity contribution in [2.24, 2.45) is 0 Å². The average Bonchev–Trinajstić information content (AvgIpc) is 2.87. The molecule has 0 fully saturated rings. The first-order chi connectivity index (χ1) is 17.8. The number of hydrogen-bond acceptors (Lipinski definition) is 3. The lowest BCUT2D eigenvalue weighted by Crippen LogP contribution is -2.52. The SMILES string of the molecule is CCCCNC(=O)C(Cc1ccccc1)N(Cc1c(Cl)cccc1Cl)C(=O)COc1ccc(Cl)cc1Cl. The van der Waals surface area contributed by atoms with E-state index in [4.69, 9.17) is 51.1 Å². The molecule has 37 heavy (non-hydrogen) atoms. The summed E-state index contributed by atoms with van der Waals surface area (Å²) in [5, 5.41) is 4.49. The van der Waals surface area contributed by atoms with E-state index >= 15 is 0 Å². The fourth-order valence-corrected chi connectivity index (χ4v) is 4.71. The summed E-state index contributed by atoms with van der Waals surface area (Å²) in [6.45, 7) is 2.22. The van der Waals surface area contributed by atoms with Crippen molar-refractivity contribution in [3.8, 4) is 5.75 Å². The number of rotatable bonds is 12. The van der Waals surface area contributed by atoms with Gasteiger partial charge in [-0.2, -0.15) is 0 Å². The standard InChI is InChI=1S/C28H28Cl4N2O3/c1-2-3-14-33-28(36)25(15-19-8-5-4-6-9-19)34(17-21-22(30)10-7-11-23(21)31)27(35)18-37-26-13-12-20(29)16-24(26)32/h4-13,16,25H,2-3,14-15,17-18H2,1H3,(H,33,36). The Balaban J connectivity index is 1.94. The Hall–Kier alpha value is -2.44. The number of amides is 2. The van der Waals surface area contributed by atoms with Gasteiger partial charge in [0.1, 0.15) is 11.8 Å². The third kappa shape index (κ3) is 8.54. The van der Waals surface area contributed by atoms with E-state index in [0.717, 1.165) is 18.4 Å². The number of nitrogens with zero attached hydrogens (tertiary/aromatic N) is 1. The molecule has 1 N–H and O–H groups in total. The Morgan fingerprint density at radius 2 is 1.62 bits per heavy atom. The van der Waals surface area contributed by atoms with Gasteiger partial charge in [-0.3, -0.25) is 9.59 Å². The van der Waals surface area contributed by atoms with Crippen LogP contribution in [-0.4, -0.2) is 35.9 Å². The van der Waals surface area contributed by atoms with Gasteiger partial charge in [0.25, 0.3) is 5.91 Å². The topological polar surface area (TPSA) is 58.6 Å². The highest BCUT2D eigenvalue weighted by molar-refractivity contribution is 6.36. The van der Waals surface area contributed by atoms with E-state index in [1.807, 2.05) is 37.3 Å². The largest absolute Gasteiger partial charge is 0.482 e. The summed E-state index contributed by atoms with van der Waals surface area (Å²) in [5.41, 5.74) is 1.45. The van der Waals surface area contributed by atoms with Crippen molar-refractivity contribution >= 4 is 58.2 Å². The van der Waals surface area contributed by atoms with Gasteiger partial charge in [0.2, 0.25) is 5.91 Å². The molecular weight excluding hydrogens is 554 g/mol. The molecule has 0 spiro atoms. The first kappa shape index (κ1) is 29.1. The second-order valence-corrected chi connectivity index (χ2v) is 10.1. The molecule has 9 heteroatoms. The van der Waals surface area contributed by atoms with Gasteiger partial charge in [0.05, 0.1) is 5.02 Å². The normalized spacial score (nSPS) is 11.6. The van der Waals surface area contributed by atoms with Gasteiger partial charge in [0.15, 0.2) is 6.61 Å². The lowest BCUT2D eigenvalue weighted by molar-refractivity contribution is -0.142. The van der Waals surface area contributed by atoms with Crippen LogP contribution < -0.4 is 10.1 Å². The number of ether oxygens (including phenoxy) is 1. The van der Waals surface area contributed by atoms with E-state index in [1.165, 1.54) is 11.0 Å². The van der Waals surface area contributed by atoms with Gasteiger partial charge in [-0.1, -0.05) is 96.1 Å². The van der Waals surface area contributed by atoms with Crippen LogP contribution in [0.25, 0.3) is 0 Å². The lowest BCUT2D eigenvalue weighted by atomic mass is 10.0. The van der Waals surface area contributed by atoms with Gasteiger partial charge in [-0.25, -0.2) is 0 Å². The average molecular weight is 582 g/mol. The predicted molar refractivity (Wildman–Crippen MR) is 151 cm³/mol. The second-order valence-electron chi connectivity index (χ2n) is 8.44. The van der Waals surface area contributed by atoms with Crippen molar-refractivity contribution in [2.75, 3.05) is 13.2 Å². The molecule has 0 saturated heterocycles. The zero-order valence-electron chi connectivity index (χ0n) is 20.4. The fourth-order valence-electron chi connectivity index (χ4n) is 3.73. The number of unbranched alkanes of at least 4 members (excludes halogenated alkanes) is 1. The third-order valence-corrected chi connectivity index (χ3v) is 6.97. The van der Waals surface area contributed by atoms with E-state index in [-0.39, 0.29) is 24.1 Å². The molecule has 0 heterocycles. The Bertz CT molecular complexity index is 1190. The van der Waals surface area contributed by atoms with E-state index in [9.17, 15) is 9.59 Å². The number of carbonyl (C=O) groups is 2. The smallest absolute Gasteiger partial charge is 0.261 e. The van der Waals surface area contributed by atoms with Crippen molar-refractivity contribution in [1.82, 2.24) is 10.2 Å². The van der Waals surface area contributed by atoms with Crippen LogP contribution in [0.15, 0.2) is 66.7 Å². The van der Waals surface area contributed by atoms with Crippen molar-refractivity contribution in [3.63, 3.8) is 0 Å². The molecular formula is C28H28Cl4N2O3. The number of halogens is 4. The number of benzene rings is 3. The summed E-state index contributed by atoms with van der Waals surface area (Å²) >= 11 is 25.1. The first-order valence-electron chi connectivity index (χ1n) is 11.9. The maximum Gasteiger partial charge on any atom is 0.261 e. The minimum Gasteiger partial charge on any atom is -0.482 e. The summed E-state index contributed by atoms with van der Waals surface area (Å²) in [4.78, 5) is 28.6. The Labute approximate surface area is 237 Å². The zero-order valence-corrected chi connectivity index (χ0v) is 23.4. The van der Waals surface area contributed by atoms with Gasteiger partial charge in [0, 0.05) is 40.1 Å². The van der Waals surface area contributed by atoms with Crippen LogP contribution in [-0.2, 0) is 22.6 Å². The number of hydrogen-bond donors (Lipinski definition) is 1. The van der Waals surface area contributed by atoms with Gasteiger partial charge in [-0.05, 0) is 42.3 Å². The van der Waals surface area contributed by atoms with E-state index < -0.39 is 11.9 Å². The van der Waals surface area contributed by atoms with Crippen molar-refractivity contribution in [3.05, 3.63) is 97.9 Å². The molecule has 3 aromatic rings. The van der Waals surface area contributed by atoms with Crippen LogP contribution in [0.2, 0.25) is 20.1 Å². The van der Waals surface area contributed by atoms with Crippen molar-refractivity contribution in [2.45, 2.75) is 38.8 Å². The summed E-state index contributed by atoms with van der Waals surface area (Å²) < 4.78 is 5.73. The molecule has 3 aromatic carbocycles. The number of nitrogens with one attached hydrogen (secondary N) is 1. The van der Waals surface area contributed by atoms with Gasteiger partial charge >= 0.3 is 0 Å². The van der Waals surface area contributed by atoms with Crippen LogP contribution in [0.3, 0.4) is 0 Å². The summed E-state index contributed by atoms with van der Waals surface area (Å²) in [6, 6.07) is 18.6. The number of carbonyl (C=O) groups excluding carboxylic acids is 2. The predicted octanol–water partition coefficient (Wildman–Crippen LogP) is 7.24. The molecule has 1 unspecified atom stereocenters. The molecule has 2 amide bonds. The monoisotopic (exact) mass is 580 g/mol. The minimum atomic E-state index is -0.830. The molecule has 0 bridgehead atoms. The quantitative estimate of drug-likeness (QED) is 0.229. The van der Waals surface area contributed by atoms with Crippen molar-refractivity contribution in [1.29, 1.82) is 0 Å². The second kappa shape index (κ2) is 14.5. The van der Waals surface area contributed by atoms with Crippen LogP contribution >= 0.6 is 46.4 Å². The molecule has 3 rings (SSSR count). The Morgan fingerprint density at radius 1 is 0.919 bits per heavy atom. The molecule has 0 aromatic heterocycles. The van der Waals surface area contributed by atoms with Crippen molar-refractivity contribution < 1.29 is 14.3 Å². The maximum absolute atomic E-state index is 13.7. The Kier molecular flexibility index (Phi) is 11.4. The molecule has 0 aliphatic heterocycles. The molecule has 0 saturated carbocycles. The van der Waals surface area contributed by atoms with Gasteiger partial charge < -0.3 is 15.0 Å². The maximum atomic E-state index is 13.7. The highest BCUT2D eigenvalue weighted by Crippen LogP contribution is 2.29. The Morgan fingerprint density at radius 3 is 2.27 bits per heavy atom. The lowest BCUT2D eigenvalue weighted by Gasteiger charge is -2.32. The highest BCUT2D eigenvalue weighted by atomic mass is 35.5. The summed E-state index contributed by atoms with van der Waals surface area (Å²) in [6.07, 6.45) is 2.05. The van der Waals surface area contributed by atoms with Crippen LogP contribution in [0, 0.1) is 0 Å². The van der Waals surface area contributed by atoms with Crippen LogP contribution in [0.1, 0.15) is 30.9 Å². The summed E-state index contributed by atoms with van der Waals surface area (Å²) in [5.74, 6) is -0.380. The molecule has 196 valence electrons. The van der Waals surface area contributed by atoms with Crippen LogP contribution in [0.4, 0.5) is 0 Å². The molecule has 0 aliphatic carbocycles. The minimum absolute atomic E-state index is 0.0216.